The molecule has 3 saturated heterocycles. The van der Waals surface area contributed by atoms with E-state index in [-0.39, 0.29) is 85.8 Å². The van der Waals surface area contributed by atoms with E-state index in [9.17, 15) is 57.8 Å². The van der Waals surface area contributed by atoms with Gasteiger partial charge in [-0.3, -0.25) is 57.4 Å². The maximum Gasteiger partial charge on any atom is 0.396 e. The number of imide groups is 1. The number of aromatic nitrogens is 3. The number of aliphatic hydroxyl groups is 1. The van der Waals surface area contributed by atoms with Crippen LogP contribution in [0.15, 0.2) is 108 Å². The molecule has 24 heteroatoms. The molecule has 4 aromatic carbocycles. The van der Waals surface area contributed by atoms with Gasteiger partial charge in [-0.15, -0.1) is 0 Å². The Kier molecular flexibility index (Phi) is 17.6. The summed E-state index contributed by atoms with van der Waals surface area (Å²) < 4.78 is 14.7. The van der Waals surface area contributed by atoms with E-state index in [4.69, 9.17) is 5.73 Å². The van der Waals surface area contributed by atoms with E-state index in [1.807, 2.05) is 72.8 Å². The molecule has 9 rings (SSSR count). The number of amides is 7. The molecule has 3 fully saturated rings. The average molecular weight is 1130 g/mol. The van der Waals surface area contributed by atoms with Crippen molar-refractivity contribution >= 4 is 76.4 Å². The summed E-state index contributed by atoms with van der Waals surface area (Å²) in [6.07, 6.45) is 2.08. The zero-order valence-electron chi connectivity index (χ0n) is 44.5. The fourth-order valence-corrected chi connectivity index (χ4v) is 11.9. The lowest BCUT2D eigenvalue weighted by Gasteiger charge is -2.39. The Labute approximate surface area is 464 Å². The van der Waals surface area contributed by atoms with Crippen LogP contribution in [0.1, 0.15) is 120 Å². The van der Waals surface area contributed by atoms with E-state index >= 15 is 4.79 Å². The summed E-state index contributed by atoms with van der Waals surface area (Å²) in [5.74, 6) is -3.84. The van der Waals surface area contributed by atoms with Crippen molar-refractivity contribution in [3.05, 3.63) is 142 Å². The Morgan fingerprint density at radius 2 is 1.53 bits per heavy atom. The molecule has 6 aromatic rings. The molecule has 426 valence electrons. The van der Waals surface area contributed by atoms with Gasteiger partial charge < -0.3 is 51.4 Å². The average Bonchev–Trinajstić information content (AvgIpc) is 3.96. The van der Waals surface area contributed by atoms with Gasteiger partial charge in [-0.05, 0) is 105 Å². The number of hydrogen-bond donors (Lipinski definition) is 9. The van der Waals surface area contributed by atoms with E-state index in [1.165, 1.54) is 43.2 Å². The van der Waals surface area contributed by atoms with Crippen LogP contribution in [-0.2, 0) is 46.8 Å². The fraction of sp³-hybridized carbons (Fsp3) is 0.386. The number of fused-ring (bicyclic) bond motifs is 3. The molecule has 0 radical (unpaired) electrons. The summed E-state index contributed by atoms with van der Waals surface area (Å²) in [5, 5.41) is 21.4. The molecular weight excluding hydrogens is 1060 g/mol. The van der Waals surface area contributed by atoms with Gasteiger partial charge in [0.05, 0.1) is 17.1 Å². The number of aromatic amines is 1. The van der Waals surface area contributed by atoms with Gasteiger partial charge in [0.15, 0.2) is 0 Å². The van der Waals surface area contributed by atoms with Gasteiger partial charge >= 0.3 is 13.3 Å². The topological polar surface area (TPSA) is 338 Å². The van der Waals surface area contributed by atoms with Crippen LogP contribution in [0.5, 0.6) is 0 Å². The van der Waals surface area contributed by atoms with Gasteiger partial charge in [0.2, 0.25) is 35.4 Å². The zero-order chi connectivity index (χ0) is 57.7. The Hall–Kier alpha value is -8.08. The van der Waals surface area contributed by atoms with Crippen molar-refractivity contribution in [2.75, 3.05) is 13.1 Å². The first-order chi connectivity index (χ1) is 38.8. The van der Waals surface area contributed by atoms with Crippen LogP contribution < -0.4 is 32.7 Å². The molecule has 23 nitrogen and oxygen atoms in total. The number of rotatable bonds is 20. The minimum absolute atomic E-state index is 0.0513. The van der Waals surface area contributed by atoms with E-state index < -0.39 is 85.1 Å². The summed E-state index contributed by atoms with van der Waals surface area (Å²) in [4.78, 5) is 148. The molecule has 10 N–H and O–H groups in total. The molecule has 2 unspecified atom stereocenters. The van der Waals surface area contributed by atoms with Crippen LogP contribution in [0.4, 0.5) is 0 Å². The number of nitrogens with two attached hydrogens (primary N) is 1. The molecule has 81 heavy (non-hydrogen) atoms. The van der Waals surface area contributed by atoms with E-state index in [1.54, 1.807) is 13.1 Å². The number of nitrogens with zero attached hydrogens (tertiary/aromatic N) is 4. The number of carbonyl (C=O) groups excluding carboxylic acids is 8. The number of benzene rings is 4. The number of hydrogen-bond acceptors (Lipinski definition) is 12. The highest BCUT2D eigenvalue weighted by atomic mass is 31.2. The first-order valence-electron chi connectivity index (χ1n) is 27.1. The number of aliphatic hydroxyl groups excluding tert-OH is 1. The smallest absolute Gasteiger partial charge is 0.379 e. The van der Waals surface area contributed by atoms with E-state index in [2.05, 4.69) is 26.3 Å². The van der Waals surface area contributed by atoms with Crippen molar-refractivity contribution in [3.63, 3.8) is 0 Å². The lowest BCUT2D eigenvalue weighted by atomic mass is 9.98. The van der Waals surface area contributed by atoms with Gasteiger partial charge in [-0.25, -0.2) is 4.79 Å². The molecule has 0 spiro atoms. The third-order valence-corrected chi connectivity index (χ3v) is 16.3. The van der Waals surface area contributed by atoms with Crippen LogP contribution in [0.3, 0.4) is 0 Å². The van der Waals surface area contributed by atoms with Crippen LogP contribution in [0.2, 0.25) is 0 Å². The lowest BCUT2D eigenvalue weighted by molar-refractivity contribution is -0.145. The molecule has 0 bridgehead atoms. The van der Waals surface area contributed by atoms with Crippen LogP contribution >= 0.6 is 7.60 Å². The number of piperidine rings is 1. The number of carbonyl (C=O) groups is 8. The highest BCUT2D eigenvalue weighted by Gasteiger charge is 2.46. The van der Waals surface area contributed by atoms with Gasteiger partial charge in [-0.1, -0.05) is 79.2 Å². The van der Waals surface area contributed by atoms with E-state index in [0.717, 1.165) is 16.7 Å². The third-order valence-electron chi connectivity index (χ3n) is 15.5. The first kappa shape index (κ1) is 57.6. The van der Waals surface area contributed by atoms with Crippen molar-refractivity contribution in [1.82, 2.24) is 45.2 Å². The van der Waals surface area contributed by atoms with Gasteiger partial charge in [-0.2, -0.15) is 0 Å². The maximum absolute atomic E-state index is 15.1. The summed E-state index contributed by atoms with van der Waals surface area (Å²) in [5.41, 5.74) is 7.61. The van der Waals surface area contributed by atoms with Crippen molar-refractivity contribution in [2.24, 2.45) is 12.8 Å². The Morgan fingerprint density at radius 3 is 2.21 bits per heavy atom. The number of para-hydroxylation sites is 1. The number of H-pyrrole nitrogens is 1. The number of nitrogens with one attached hydrogen (secondary N) is 5. The molecule has 6 atom stereocenters. The molecule has 2 aromatic heterocycles. The normalized spacial score (nSPS) is 19.4. The van der Waals surface area contributed by atoms with Gasteiger partial charge in [0.25, 0.3) is 11.4 Å². The fourth-order valence-electron chi connectivity index (χ4n) is 11.4. The summed E-state index contributed by atoms with van der Waals surface area (Å²) >= 11 is 0. The molecular formula is C57H65N10O13P. The number of imidazole rings is 1. The van der Waals surface area contributed by atoms with Crippen LogP contribution in [-0.4, -0.2) is 129 Å². The first-order valence-corrected chi connectivity index (χ1v) is 28.7. The van der Waals surface area contributed by atoms with E-state index in [0.29, 0.717) is 55.1 Å². The van der Waals surface area contributed by atoms with Crippen LogP contribution in [0.25, 0.3) is 21.9 Å². The molecule has 3 aliphatic rings. The second kappa shape index (κ2) is 24.7. The minimum Gasteiger partial charge on any atom is -0.379 e. The van der Waals surface area contributed by atoms with Crippen molar-refractivity contribution < 1.29 is 57.8 Å². The summed E-state index contributed by atoms with van der Waals surface area (Å²) in [6.45, 7) is -0.112. The number of unbranched alkanes of at least 4 members (excludes halogenated alkanes) is 2. The van der Waals surface area contributed by atoms with Crippen molar-refractivity contribution in [1.29, 1.82) is 0 Å². The predicted molar refractivity (Wildman–Crippen MR) is 296 cm³/mol. The minimum atomic E-state index is -5.13. The predicted octanol–water partition coefficient (Wildman–Crippen LogP) is 3.06. The molecule has 0 saturated carbocycles. The van der Waals surface area contributed by atoms with Gasteiger partial charge in [0.1, 0.15) is 36.1 Å². The molecule has 0 aliphatic carbocycles. The quantitative estimate of drug-likeness (QED) is 0.0230. The second-order valence-corrected chi connectivity index (χ2v) is 22.5. The largest absolute Gasteiger partial charge is 0.396 e. The Morgan fingerprint density at radius 1 is 0.815 bits per heavy atom. The Bertz CT molecular complexity index is 3460. The van der Waals surface area contributed by atoms with Crippen LogP contribution in [0, 0.1) is 0 Å². The standard InChI is InChI=1S/C57H65N10O13P/c1-64-50-35(17-11-18-43(50)67(57(64)77)45-25-27-47(69)62-54(45)74)16-9-4-10-19-48(70)65-29-28-38-21-24-44(53(73)60-40(23-26-46(58)68)51(71)63-49(33-12-5-2-6-13-33)34-14-7-3-8-15-34)66(38)55(75)42(32-65)61-52(72)41-31-37-30-36(20-22-39(37)59-41)56(76)81(78,79)80/h2-3,5-8,11-15,17-18,20,22,30-31,38,40,42,44-46,49,59,68H,4,9-10,16,19,21,23-29,32,58H2,1H3,(H,60,73)(H,61,72)(H,63,71)(H,62,69,74)(H2,78,79,80)/t38-,40+,42+,44+,45?,46?/m1/s1. The maximum atomic E-state index is 15.1. The summed E-state index contributed by atoms with van der Waals surface area (Å²) in [6, 6.07) is 23.4. The monoisotopic (exact) mass is 1130 g/mol. The lowest BCUT2D eigenvalue weighted by Crippen LogP contribution is -2.62. The van der Waals surface area contributed by atoms with Crippen molar-refractivity contribution in [2.45, 2.75) is 120 Å². The highest BCUT2D eigenvalue weighted by Crippen LogP contribution is 2.40. The molecule has 3 aliphatic heterocycles. The number of aryl methyl sites for hydroxylation is 2. The second-order valence-electron chi connectivity index (χ2n) is 21.0. The zero-order valence-corrected chi connectivity index (χ0v) is 45.4. The Balaban J connectivity index is 0.915. The van der Waals surface area contributed by atoms with Crippen molar-refractivity contribution in [3.8, 4) is 0 Å². The highest BCUT2D eigenvalue weighted by molar-refractivity contribution is 7.70. The molecule has 7 amide bonds. The summed E-state index contributed by atoms with van der Waals surface area (Å²) in [7, 11) is -3.49. The SMILES string of the molecule is Cn1c(=O)n(C2CCC(=O)NC2=O)c2cccc(CCCCCC(=O)N3CC[C@H]4CC[C@@H](C(=O)N[C@@H](CCC(N)O)C(=O)NC(c5ccccc5)c5ccccc5)N4C(=O)[C@@H](NC(=O)c4cc5cc(C(=O)P(=O)(O)O)ccc5[nH]4)C3)c21. The third kappa shape index (κ3) is 12.9. The molecule has 5 heterocycles. The van der Waals surface area contributed by atoms with Gasteiger partial charge in [0, 0.05) is 55.5 Å².